The van der Waals surface area contributed by atoms with Gasteiger partial charge in [-0.15, -0.1) is 6.58 Å². The molecular weight excluding hydrogens is 472 g/mol. The summed E-state index contributed by atoms with van der Waals surface area (Å²) < 4.78 is 11.7. The number of hydrogen-bond donors (Lipinski definition) is 1. The van der Waals surface area contributed by atoms with Gasteiger partial charge in [0.2, 0.25) is 5.91 Å². The number of anilines is 1. The summed E-state index contributed by atoms with van der Waals surface area (Å²) in [4.78, 5) is 44.1. The maximum atomic E-state index is 14.2. The highest BCUT2D eigenvalue weighted by atomic mass is 35.5. The largest absolute Gasteiger partial charge is 0.466 e. The molecule has 5 atom stereocenters. The molecule has 1 aromatic rings. The summed E-state index contributed by atoms with van der Waals surface area (Å²) in [6.07, 6.45) is 4.22. The van der Waals surface area contributed by atoms with Gasteiger partial charge in [-0.25, -0.2) is 0 Å². The maximum absolute atomic E-state index is 14.2. The Morgan fingerprint density at radius 3 is 2.80 bits per heavy atom. The third-order valence-electron chi connectivity index (χ3n) is 7.37. The van der Waals surface area contributed by atoms with Gasteiger partial charge in [-0.1, -0.05) is 29.8 Å². The Kier molecular flexibility index (Phi) is 7.83. The molecule has 2 bridgehead atoms. The Balaban J connectivity index is 1.73. The van der Waals surface area contributed by atoms with E-state index in [1.165, 1.54) is 0 Å². The first-order valence-electron chi connectivity index (χ1n) is 12.3. The number of rotatable bonds is 11. The van der Waals surface area contributed by atoms with Gasteiger partial charge in [0.15, 0.2) is 0 Å². The van der Waals surface area contributed by atoms with Crippen molar-refractivity contribution in [2.75, 3.05) is 31.2 Å². The number of ether oxygens (including phenoxy) is 2. The van der Waals surface area contributed by atoms with E-state index in [0.29, 0.717) is 49.4 Å². The fourth-order valence-electron chi connectivity index (χ4n) is 6.00. The molecule has 1 N–H and O–H groups in total. The molecule has 190 valence electrons. The fourth-order valence-corrected chi connectivity index (χ4v) is 6.24. The zero-order valence-corrected chi connectivity index (χ0v) is 20.8. The number of carbonyl (C=O) groups excluding carboxylic acids is 3. The number of fused-ring (bicyclic) bond motifs is 1. The van der Waals surface area contributed by atoms with Gasteiger partial charge in [-0.3, -0.25) is 14.4 Å². The zero-order valence-electron chi connectivity index (χ0n) is 20.0. The monoisotopic (exact) mass is 504 g/mol. The first kappa shape index (κ1) is 25.7. The highest BCUT2D eigenvalue weighted by molar-refractivity contribution is 6.34. The summed E-state index contributed by atoms with van der Waals surface area (Å²) in [5.74, 6) is -2.47. The third-order valence-corrected chi connectivity index (χ3v) is 7.69. The number of benzene rings is 1. The second kappa shape index (κ2) is 10.7. The molecule has 3 fully saturated rings. The van der Waals surface area contributed by atoms with Gasteiger partial charge in [-0.05, 0) is 51.2 Å². The summed E-state index contributed by atoms with van der Waals surface area (Å²) in [5, 5.41) is 9.58. The lowest BCUT2D eigenvalue weighted by Crippen LogP contribution is -2.56. The second-order valence-electron chi connectivity index (χ2n) is 9.31. The van der Waals surface area contributed by atoms with Gasteiger partial charge in [0, 0.05) is 19.7 Å². The minimum absolute atomic E-state index is 0.0677. The average Bonchev–Trinajstić information content (AvgIpc) is 3.48. The molecule has 9 heteroatoms. The summed E-state index contributed by atoms with van der Waals surface area (Å²) in [6, 6.07) is 6.16. The highest BCUT2D eigenvalue weighted by Crippen LogP contribution is 2.59. The first-order valence-corrected chi connectivity index (χ1v) is 12.7. The Labute approximate surface area is 210 Å². The van der Waals surface area contributed by atoms with Crippen molar-refractivity contribution in [2.24, 2.45) is 11.8 Å². The number of carbonyl (C=O) groups is 3. The van der Waals surface area contributed by atoms with Crippen LogP contribution >= 0.6 is 11.6 Å². The Hall–Kier alpha value is -2.42. The SMILES string of the molecule is C=CCN(C(=O)[C@@H]1N(CCCCCO)C(=O)[C@H]2[C@H](C(=O)OCC)[C@@H]3CC[C@]12O3)c1ccccc1Cl. The molecule has 3 saturated heterocycles. The van der Waals surface area contributed by atoms with Crippen LogP contribution in [-0.4, -0.2) is 71.8 Å². The van der Waals surface area contributed by atoms with Crippen LogP contribution in [0.2, 0.25) is 5.02 Å². The van der Waals surface area contributed by atoms with E-state index in [1.54, 1.807) is 47.1 Å². The van der Waals surface area contributed by atoms with E-state index >= 15 is 0 Å². The molecule has 0 radical (unpaired) electrons. The summed E-state index contributed by atoms with van der Waals surface area (Å²) in [6.45, 7) is 6.35. The molecular formula is C26H33ClN2O6. The van der Waals surface area contributed by atoms with Crippen molar-refractivity contribution >= 4 is 35.1 Å². The predicted octanol–water partition coefficient (Wildman–Crippen LogP) is 2.96. The van der Waals surface area contributed by atoms with Crippen LogP contribution in [0.15, 0.2) is 36.9 Å². The lowest BCUT2D eigenvalue weighted by molar-refractivity contribution is -0.154. The van der Waals surface area contributed by atoms with Gasteiger partial charge in [0.05, 0.1) is 35.3 Å². The van der Waals surface area contributed by atoms with E-state index in [2.05, 4.69) is 6.58 Å². The van der Waals surface area contributed by atoms with Gasteiger partial charge in [-0.2, -0.15) is 0 Å². The molecule has 3 heterocycles. The minimum Gasteiger partial charge on any atom is -0.466 e. The normalized spacial score (nSPS) is 28.8. The topological polar surface area (TPSA) is 96.4 Å². The molecule has 8 nitrogen and oxygen atoms in total. The molecule has 3 aliphatic rings. The van der Waals surface area contributed by atoms with Gasteiger partial charge in [0.25, 0.3) is 5.91 Å². The minimum atomic E-state index is -1.09. The number of esters is 1. The van der Waals surface area contributed by atoms with Crippen molar-refractivity contribution in [3.63, 3.8) is 0 Å². The van der Waals surface area contributed by atoms with Crippen molar-refractivity contribution in [3.8, 4) is 0 Å². The number of para-hydroxylation sites is 1. The highest BCUT2D eigenvalue weighted by Gasteiger charge is 2.75. The number of unbranched alkanes of at least 4 members (excludes halogenated alkanes) is 2. The third kappa shape index (κ3) is 4.36. The lowest BCUT2D eigenvalue weighted by atomic mass is 9.70. The standard InChI is InChI=1S/C26H33ClN2O6/c1-3-14-28(18-11-7-6-10-17(18)27)24(32)22-26-13-12-19(35-26)20(25(33)34-4-2)21(26)23(31)29(22)15-8-5-9-16-30/h3,6-7,10-11,19-22,30H,1,4-5,8-9,12-16H2,2H3/t19-,20+,21+,22-,26+/m0/s1. The van der Waals surface area contributed by atoms with Gasteiger partial charge < -0.3 is 24.4 Å². The van der Waals surface area contributed by atoms with Crippen LogP contribution in [0.25, 0.3) is 0 Å². The fraction of sp³-hybridized carbons (Fsp3) is 0.577. The van der Waals surface area contributed by atoms with Crippen LogP contribution in [0.5, 0.6) is 0 Å². The number of aliphatic hydroxyl groups excluding tert-OH is 1. The first-order chi connectivity index (χ1) is 16.9. The van der Waals surface area contributed by atoms with Crippen LogP contribution in [0.1, 0.15) is 39.0 Å². The molecule has 1 aromatic carbocycles. The average molecular weight is 505 g/mol. The van der Waals surface area contributed by atoms with E-state index in [4.69, 9.17) is 26.2 Å². The van der Waals surface area contributed by atoms with E-state index in [-0.39, 0.29) is 31.6 Å². The number of likely N-dealkylation sites (tertiary alicyclic amines) is 1. The van der Waals surface area contributed by atoms with Crippen molar-refractivity contribution in [2.45, 2.75) is 56.8 Å². The number of halogens is 1. The van der Waals surface area contributed by atoms with Crippen LogP contribution in [0, 0.1) is 11.8 Å². The van der Waals surface area contributed by atoms with E-state index in [9.17, 15) is 14.4 Å². The quantitative estimate of drug-likeness (QED) is 0.283. The molecule has 0 unspecified atom stereocenters. The van der Waals surface area contributed by atoms with Gasteiger partial charge >= 0.3 is 5.97 Å². The molecule has 0 saturated carbocycles. The molecule has 35 heavy (non-hydrogen) atoms. The van der Waals surface area contributed by atoms with Crippen LogP contribution in [0.4, 0.5) is 5.69 Å². The Morgan fingerprint density at radius 1 is 1.34 bits per heavy atom. The zero-order chi connectivity index (χ0) is 25.2. The summed E-state index contributed by atoms with van der Waals surface area (Å²) in [7, 11) is 0. The van der Waals surface area contributed by atoms with Crippen LogP contribution < -0.4 is 4.90 Å². The number of aliphatic hydroxyl groups is 1. The van der Waals surface area contributed by atoms with E-state index in [0.717, 1.165) is 0 Å². The van der Waals surface area contributed by atoms with Crippen LogP contribution in [0.3, 0.4) is 0 Å². The molecule has 0 aliphatic carbocycles. The molecule has 0 aromatic heterocycles. The van der Waals surface area contributed by atoms with Crippen molar-refractivity contribution in [1.29, 1.82) is 0 Å². The Morgan fingerprint density at radius 2 is 2.11 bits per heavy atom. The van der Waals surface area contributed by atoms with E-state index in [1.807, 2.05) is 0 Å². The lowest BCUT2D eigenvalue weighted by Gasteiger charge is -2.37. The van der Waals surface area contributed by atoms with Crippen molar-refractivity contribution in [1.82, 2.24) is 4.90 Å². The molecule has 1 spiro atoms. The van der Waals surface area contributed by atoms with Crippen LogP contribution in [-0.2, 0) is 23.9 Å². The molecule has 3 aliphatic heterocycles. The smallest absolute Gasteiger partial charge is 0.312 e. The number of hydrogen-bond acceptors (Lipinski definition) is 6. The van der Waals surface area contributed by atoms with Crippen molar-refractivity contribution in [3.05, 3.63) is 41.9 Å². The molecule has 2 amide bonds. The predicted molar refractivity (Wildman–Crippen MR) is 131 cm³/mol. The summed E-state index contributed by atoms with van der Waals surface area (Å²) in [5.41, 5.74) is -0.561. The number of nitrogens with zero attached hydrogens (tertiary/aromatic N) is 2. The Bertz CT molecular complexity index is 986. The molecule has 4 rings (SSSR count). The second-order valence-corrected chi connectivity index (χ2v) is 9.72. The van der Waals surface area contributed by atoms with Gasteiger partial charge in [0.1, 0.15) is 11.6 Å². The van der Waals surface area contributed by atoms with Crippen molar-refractivity contribution < 1.29 is 29.0 Å². The number of amides is 2. The summed E-state index contributed by atoms with van der Waals surface area (Å²) >= 11 is 6.45. The maximum Gasteiger partial charge on any atom is 0.312 e. The van der Waals surface area contributed by atoms with E-state index < -0.39 is 35.6 Å².